The number of aliphatic hydroxyl groups is 6. The first-order valence-electron chi connectivity index (χ1n) is 6.77. The van der Waals surface area contributed by atoms with E-state index >= 15 is 0 Å². The van der Waals surface area contributed by atoms with Gasteiger partial charge in [0.1, 0.15) is 24.4 Å². The Bertz CT molecular complexity index is 446. The van der Waals surface area contributed by atoms with Crippen molar-refractivity contribution in [3.8, 4) is 0 Å². The molecule has 0 spiro atoms. The zero-order chi connectivity index (χ0) is 17.9. The fraction of sp³-hybridized carbons (Fsp3) is 0.833. The minimum Gasteiger partial charge on any atom is -0.477 e. The molecule has 23 heavy (non-hydrogen) atoms. The van der Waals surface area contributed by atoms with Crippen LogP contribution in [0.15, 0.2) is 0 Å². The predicted octanol–water partition coefficient (Wildman–Crippen LogP) is -4.51. The fourth-order valence-corrected chi connectivity index (χ4v) is 2.34. The van der Waals surface area contributed by atoms with E-state index in [1.165, 1.54) is 0 Å². The van der Waals surface area contributed by atoms with Crippen molar-refractivity contribution in [1.82, 2.24) is 5.32 Å². The topological polar surface area (TPSA) is 197 Å². The molecule has 0 saturated carbocycles. The SMILES string of the molecule is CC(=O)N[C@@H]1[C@@H]([C@@H](O)[C@@H](O)[C@H](O)CO)O[C@@](O)(C(=O)O)C[C@H]1O. The third-order valence-electron chi connectivity index (χ3n) is 3.56. The summed E-state index contributed by atoms with van der Waals surface area (Å²) in [5.41, 5.74) is 0. The Hall–Kier alpha value is -1.34. The molecule has 0 aromatic rings. The van der Waals surface area contributed by atoms with Crippen LogP contribution in [0, 0.1) is 0 Å². The van der Waals surface area contributed by atoms with Crippen molar-refractivity contribution in [2.24, 2.45) is 0 Å². The minimum atomic E-state index is -2.86. The van der Waals surface area contributed by atoms with Gasteiger partial charge in [-0.2, -0.15) is 0 Å². The first-order chi connectivity index (χ1) is 10.5. The van der Waals surface area contributed by atoms with E-state index in [0.29, 0.717) is 0 Å². The average Bonchev–Trinajstić information content (AvgIpc) is 2.47. The Morgan fingerprint density at radius 1 is 1.35 bits per heavy atom. The summed E-state index contributed by atoms with van der Waals surface area (Å²) in [6, 6.07) is -1.36. The average molecular weight is 339 g/mol. The third-order valence-corrected chi connectivity index (χ3v) is 3.56. The van der Waals surface area contributed by atoms with Crippen LogP contribution in [-0.2, 0) is 14.3 Å². The van der Waals surface area contributed by atoms with Crippen LogP contribution >= 0.6 is 0 Å². The van der Waals surface area contributed by atoms with E-state index in [9.17, 15) is 35.1 Å². The van der Waals surface area contributed by atoms with Crippen LogP contribution < -0.4 is 5.32 Å². The Labute approximate surface area is 130 Å². The van der Waals surface area contributed by atoms with Gasteiger partial charge in [-0.1, -0.05) is 0 Å². The lowest BCUT2D eigenvalue weighted by Crippen LogP contribution is -2.67. The number of aliphatic hydroxyl groups excluding tert-OH is 5. The van der Waals surface area contributed by atoms with E-state index in [1.807, 2.05) is 0 Å². The second kappa shape index (κ2) is 7.49. The standard InChI is InChI=1S/C12H21NO10/c1-4(15)13-7-5(16)2-12(22,11(20)21)23-10(7)9(19)8(18)6(17)3-14/h5-10,14,16-19,22H,2-3H2,1H3,(H,13,15)(H,20,21)/t5-,6-,7+,8+,9+,10+,12-/m1/s1. The number of nitrogens with one attached hydrogen (secondary N) is 1. The van der Waals surface area contributed by atoms with Gasteiger partial charge in [0.05, 0.1) is 18.8 Å². The fourth-order valence-electron chi connectivity index (χ4n) is 2.34. The number of hydrogen-bond donors (Lipinski definition) is 8. The molecule has 1 rings (SSSR count). The van der Waals surface area contributed by atoms with Crippen LogP contribution in [0.2, 0.25) is 0 Å². The molecule has 134 valence electrons. The summed E-state index contributed by atoms with van der Waals surface area (Å²) in [6.45, 7) is 0.175. The van der Waals surface area contributed by atoms with Crippen LogP contribution in [0.3, 0.4) is 0 Å². The van der Waals surface area contributed by atoms with Gasteiger partial charge < -0.3 is 45.8 Å². The summed E-state index contributed by atoms with van der Waals surface area (Å²) in [5, 5.41) is 68.9. The van der Waals surface area contributed by atoms with Crippen LogP contribution in [0.25, 0.3) is 0 Å². The number of carbonyl (C=O) groups excluding carboxylic acids is 1. The second-order valence-corrected chi connectivity index (χ2v) is 5.40. The molecule has 0 bridgehead atoms. The van der Waals surface area contributed by atoms with E-state index < -0.39 is 67.3 Å². The van der Waals surface area contributed by atoms with E-state index in [1.54, 1.807) is 0 Å². The van der Waals surface area contributed by atoms with Gasteiger partial charge in [0.25, 0.3) is 5.79 Å². The highest BCUT2D eigenvalue weighted by Crippen LogP contribution is 2.30. The summed E-state index contributed by atoms with van der Waals surface area (Å²) in [7, 11) is 0. The molecule has 11 heteroatoms. The second-order valence-electron chi connectivity index (χ2n) is 5.40. The van der Waals surface area contributed by atoms with Crippen molar-refractivity contribution in [2.75, 3.05) is 6.61 Å². The molecule has 11 nitrogen and oxygen atoms in total. The maximum Gasteiger partial charge on any atom is 0.364 e. The van der Waals surface area contributed by atoms with Crippen LogP contribution in [-0.4, -0.2) is 96.6 Å². The lowest BCUT2D eigenvalue weighted by molar-refractivity contribution is -0.296. The number of carboxylic acid groups (broad SMARTS) is 1. The maximum atomic E-state index is 11.2. The zero-order valence-electron chi connectivity index (χ0n) is 12.2. The molecule has 1 aliphatic rings. The molecular weight excluding hydrogens is 318 g/mol. The highest BCUT2D eigenvalue weighted by atomic mass is 16.7. The Kier molecular flexibility index (Phi) is 6.41. The van der Waals surface area contributed by atoms with Gasteiger partial charge in [-0.15, -0.1) is 0 Å². The first-order valence-corrected chi connectivity index (χ1v) is 6.77. The predicted molar refractivity (Wildman–Crippen MR) is 70.8 cm³/mol. The van der Waals surface area contributed by atoms with E-state index in [2.05, 4.69) is 5.32 Å². The van der Waals surface area contributed by atoms with Crippen molar-refractivity contribution in [1.29, 1.82) is 0 Å². The smallest absolute Gasteiger partial charge is 0.364 e. The summed E-state index contributed by atoms with van der Waals surface area (Å²) in [6.07, 6.45) is -9.97. The summed E-state index contributed by atoms with van der Waals surface area (Å²) in [4.78, 5) is 22.3. The Balaban J connectivity index is 3.11. The summed E-state index contributed by atoms with van der Waals surface area (Å²) in [5.74, 6) is -5.34. The number of carboxylic acids is 1. The van der Waals surface area contributed by atoms with Gasteiger partial charge in [0.2, 0.25) is 5.91 Å². The molecule has 0 radical (unpaired) electrons. The number of aliphatic carboxylic acids is 1. The lowest BCUT2D eigenvalue weighted by Gasteiger charge is -2.45. The quantitative estimate of drug-likeness (QED) is 0.233. The number of ether oxygens (including phenoxy) is 1. The molecule has 0 unspecified atom stereocenters. The number of hydrogen-bond acceptors (Lipinski definition) is 9. The zero-order valence-corrected chi connectivity index (χ0v) is 12.2. The molecule has 1 aliphatic heterocycles. The van der Waals surface area contributed by atoms with E-state index in [-0.39, 0.29) is 0 Å². The first kappa shape index (κ1) is 19.7. The van der Waals surface area contributed by atoms with E-state index in [4.69, 9.17) is 14.9 Å². The van der Waals surface area contributed by atoms with E-state index in [0.717, 1.165) is 6.92 Å². The van der Waals surface area contributed by atoms with Crippen molar-refractivity contribution < 1.29 is 50.1 Å². The molecule has 1 saturated heterocycles. The third kappa shape index (κ3) is 4.35. The van der Waals surface area contributed by atoms with Gasteiger partial charge in [0, 0.05) is 13.3 Å². The van der Waals surface area contributed by atoms with Gasteiger partial charge in [-0.05, 0) is 0 Å². The van der Waals surface area contributed by atoms with Crippen molar-refractivity contribution in [3.63, 3.8) is 0 Å². The highest BCUT2D eigenvalue weighted by Gasteiger charge is 2.54. The molecule has 7 atom stereocenters. The van der Waals surface area contributed by atoms with Gasteiger partial charge in [-0.25, -0.2) is 4.79 Å². The van der Waals surface area contributed by atoms with Gasteiger partial charge in [0.15, 0.2) is 0 Å². The molecular formula is C12H21NO10. The molecule has 0 aliphatic carbocycles. The molecule has 8 N–H and O–H groups in total. The molecule has 1 heterocycles. The van der Waals surface area contributed by atoms with Crippen LogP contribution in [0.4, 0.5) is 0 Å². The number of carbonyl (C=O) groups is 2. The maximum absolute atomic E-state index is 11.2. The Morgan fingerprint density at radius 3 is 2.35 bits per heavy atom. The molecule has 0 aromatic carbocycles. The molecule has 1 fully saturated rings. The highest BCUT2D eigenvalue weighted by molar-refractivity contribution is 5.76. The molecule has 1 amide bonds. The lowest BCUT2D eigenvalue weighted by atomic mass is 9.87. The van der Waals surface area contributed by atoms with Crippen molar-refractivity contribution in [3.05, 3.63) is 0 Å². The van der Waals surface area contributed by atoms with Crippen LogP contribution in [0.5, 0.6) is 0 Å². The van der Waals surface area contributed by atoms with Gasteiger partial charge >= 0.3 is 5.97 Å². The minimum absolute atomic E-state index is 0.646. The number of amides is 1. The Morgan fingerprint density at radius 2 is 1.91 bits per heavy atom. The molecule has 0 aromatic heterocycles. The van der Waals surface area contributed by atoms with Crippen molar-refractivity contribution in [2.45, 2.75) is 55.7 Å². The normalized spacial score (nSPS) is 35.2. The summed E-state index contributed by atoms with van der Waals surface area (Å²) < 4.78 is 4.88. The number of rotatable bonds is 6. The summed E-state index contributed by atoms with van der Waals surface area (Å²) >= 11 is 0. The largest absolute Gasteiger partial charge is 0.477 e. The van der Waals surface area contributed by atoms with Gasteiger partial charge in [-0.3, -0.25) is 4.79 Å². The van der Waals surface area contributed by atoms with Crippen molar-refractivity contribution >= 4 is 11.9 Å². The van der Waals surface area contributed by atoms with Crippen LogP contribution in [0.1, 0.15) is 13.3 Å². The monoisotopic (exact) mass is 339 g/mol.